The Bertz CT molecular complexity index is 625. The highest BCUT2D eigenvalue weighted by Crippen LogP contribution is 2.21. The molecule has 0 spiro atoms. The quantitative estimate of drug-likeness (QED) is 0.911. The first-order valence-electron chi connectivity index (χ1n) is 5.95. The topological polar surface area (TPSA) is 62.9 Å². The molecule has 0 atom stereocenters. The van der Waals surface area contributed by atoms with Crippen LogP contribution in [0.25, 0.3) is 0 Å². The number of ether oxygens (including phenoxy) is 1. The predicted octanol–water partition coefficient (Wildman–Crippen LogP) is 2.22. The molecule has 1 N–H and O–H groups in total. The summed E-state index contributed by atoms with van der Waals surface area (Å²) in [6.45, 7) is 2.54. The Morgan fingerprint density at radius 1 is 1.47 bits per heavy atom. The summed E-state index contributed by atoms with van der Waals surface area (Å²) in [5.74, 6) is 0.771. The Labute approximate surface area is 112 Å². The minimum absolute atomic E-state index is 0.589. The number of hydrogen-bond acceptors (Lipinski definition) is 4. The van der Waals surface area contributed by atoms with Crippen LogP contribution in [0.1, 0.15) is 16.8 Å². The number of benzene rings is 1. The molecule has 0 aliphatic rings. The summed E-state index contributed by atoms with van der Waals surface area (Å²) in [4.78, 5) is 0. The van der Waals surface area contributed by atoms with Crippen molar-refractivity contribution in [2.75, 3.05) is 12.4 Å². The van der Waals surface area contributed by atoms with Crippen LogP contribution in [-0.2, 0) is 13.6 Å². The second-order valence-electron chi connectivity index (χ2n) is 4.29. The van der Waals surface area contributed by atoms with Crippen LogP contribution < -0.4 is 10.1 Å². The number of nitrogens with zero attached hydrogens (tertiary/aromatic N) is 3. The predicted molar refractivity (Wildman–Crippen MR) is 73.0 cm³/mol. The lowest BCUT2D eigenvalue weighted by molar-refractivity contribution is 0.410. The maximum Gasteiger partial charge on any atom is 0.123 e. The van der Waals surface area contributed by atoms with Gasteiger partial charge in [0.25, 0.3) is 0 Å². The van der Waals surface area contributed by atoms with Crippen molar-refractivity contribution >= 4 is 5.69 Å². The van der Waals surface area contributed by atoms with Crippen LogP contribution in [-0.4, -0.2) is 16.9 Å². The summed E-state index contributed by atoms with van der Waals surface area (Å²) in [6.07, 6.45) is 1.93. The third-order valence-electron chi connectivity index (χ3n) is 2.89. The molecule has 19 heavy (non-hydrogen) atoms. The molecule has 2 aromatic rings. The molecule has 0 saturated carbocycles. The average molecular weight is 256 g/mol. The maximum absolute atomic E-state index is 8.93. The van der Waals surface area contributed by atoms with Crippen LogP contribution in [0.5, 0.6) is 5.75 Å². The number of nitriles is 1. The summed E-state index contributed by atoms with van der Waals surface area (Å²) in [5, 5.41) is 16.5. The molecule has 0 aliphatic carbocycles. The largest absolute Gasteiger partial charge is 0.496 e. The van der Waals surface area contributed by atoms with Crippen molar-refractivity contribution in [3.63, 3.8) is 0 Å². The van der Waals surface area contributed by atoms with E-state index in [9.17, 15) is 0 Å². The molecule has 0 fully saturated rings. The molecule has 98 valence electrons. The van der Waals surface area contributed by atoms with E-state index in [1.807, 2.05) is 32.3 Å². The first kappa shape index (κ1) is 13.0. The number of rotatable bonds is 4. The van der Waals surface area contributed by atoms with E-state index in [0.717, 1.165) is 22.7 Å². The van der Waals surface area contributed by atoms with Gasteiger partial charge in [-0.3, -0.25) is 4.68 Å². The second-order valence-corrected chi connectivity index (χ2v) is 4.29. The van der Waals surface area contributed by atoms with Crippen LogP contribution in [0.4, 0.5) is 5.69 Å². The van der Waals surface area contributed by atoms with E-state index in [0.29, 0.717) is 12.1 Å². The fourth-order valence-corrected chi connectivity index (χ4v) is 1.95. The van der Waals surface area contributed by atoms with Gasteiger partial charge in [-0.05, 0) is 25.1 Å². The number of nitrogens with one attached hydrogen (secondary N) is 1. The molecule has 5 nitrogen and oxygen atoms in total. The molecule has 1 aromatic heterocycles. The maximum atomic E-state index is 8.93. The van der Waals surface area contributed by atoms with E-state index in [1.165, 1.54) is 0 Å². The van der Waals surface area contributed by atoms with Crippen LogP contribution in [0, 0.1) is 18.3 Å². The summed E-state index contributed by atoms with van der Waals surface area (Å²) >= 11 is 0. The molecule has 0 unspecified atom stereocenters. The zero-order chi connectivity index (χ0) is 13.8. The molecule has 0 bridgehead atoms. The number of hydrogen-bond donors (Lipinski definition) is 1. The molecule has 5 heteroatoms. The van der Waals surface area contributed by atoms with Crippen LogP contribution in [0.2, 0.25) is 0 Å². The molecule has 0 aliphatic heterocycles. The third kappa shape index (κ3) is 2.86. The van der Waals surface area contributed by atoms with E-state index in [1.54, 1.807) is 17.9 Å². The Kier molecular flexibility index (Phi) is 3.71. The van der Waals surface area contributed by atoms with Crippen molar-refractivity contribution in [1.82, 2.24) is 9.78 Å². The fourth-order valence-electron chi connectivity index (χ4n) is 1.95. The lowest BCUT2D eigenvalue weighted by atomic mass is 10.1. The summed E-state index contributed by atoms with van der Waals surface area (Å²) in [6, 6.07) is 7.52. The summed E-state index contributed by atoms with van der Waals surface area (Å²) in [5.41, 5.74) is 3.50. The Balaban J connectivity index is 2.19. The van der Waals surface area contributed by atoms with Gasteiger partial charge in [0.15, 0.2) is 0 Å². The molecule has 0 amide bonds. The Morgan fingerprint density at radius 3 is 2.84 bits per heavy atom. The zero-order valence-corrected chi connectivity index (χ0v) is 11.3. The van der Waals surface area contributed by atoms with E-state index >= 15 is 0 Å². The average Bonchev–Trinajstić information content (AvgIpc) is 2.74. The van der Waals surface area contributed by atoms with Gasteiger partial charge in [-0.1, -0.05) is 0 Å². The van der Waals surface area contributed by atoms with Crippen LogP contribution in [0.3, 0.4) is 0 Å². The molecular formula is C14H16N4O. The van der Waals surface area contributed by atoms with Gasteiger partial charge in [-0.15, -0.1) is 0 Å². The van der Waals surface area contributed by atoms with Gasteiger partial charge >= 0.3 is 0 Å². The lowest BCUT2D eigenvalue weighted by Crippen LogP contribution is -2.02. The standard InChI is InChI=1S/C14H16N4O/c1-10-13(9-18(2)17-10)16-8-12-6-11(7-15)4-5-14(12)19-3/h4-6,9,16H,8H2,1-3H3. The second kappa shape index (κ2) is 5.44. The van der Waals surface area contributed by atoms with Gasteiger partial charge in [0.1, 0.15) is 5.75 Å². The van der Waals surface area contributed by atoms with Crippen molar-refractivity contribution in [2.45, 2.75) is 13.5 Å². The highest BCUT2D eigenvalue weighted by Gasteiger charge is 2.07. The fraction of sp³-hybridized carbons (Fsp3) is 0.286. The minimum Gasteiger partial charge on any atom is -0.496 e. The van der Waals surface area contributed by atoms with Crippen molar-refractivity contribution < 1.29 is 4.74 Å². The first-order valence-corrected chi connectivity index (χ1v) is 5.95. The molecule has 0 radical (unpaired) electrons. The SMILES string of the molecule is COc1ccc(C#N)cc1CNc1cn(C)nc1C. The Hall–Kier alpha value is -2.48. The van der Waals surface area contributed by atoms with E-state index in [4.69, 9.17) is 10.00 Å². The van der Waals surface area contributed by atoms with Crippen molar-refractivity contribution in [3.05, 3.63) is 41.2 Å². The van der Waals surface area contributed by atoms with E-state index < -0.39 is 0 Å². The zero-order valence-electron chi connectivity index (χ0n) is 11.3. The molecule has 1 heterocycles. The number of anilines is 1. The lowest BCUT2D eigenvalue weighted by Gasteiger charge is -2.10. The third-order valence-corrected chi connectivity index (χ3v) is 2.89. The van der Waals surface area contributed by atoms with Gasteiger partial charge in [0.2, 0.25) is 0 Å². The summed E-state index contributed by atoms with van der Waals surface area (Å²) in [7, 11) is 3.51. The van der Waals surface area contributed by atoms with E-state index in [2.05, 4.69) is 16.5 Å². The normalized spacial score (nSPS) is 10.0. The van der Waals surface area contributed by atoms with Gasteiger partial charge in [-0.2, -0.15) is 10.4 Å². The van der Waals surface area contributed by atoms with Crippen LogP contribution in [0.15, 0.2) is 24.4 Å². The molecule has 0 saturated heterocycles. The number of methoxy groups -OCH3 is 1. The first-order chi connectivity index (χ1) is 9.13. The monoisotopic (exact) mass is 256 g/mol. The number of aromatic nitrogens is 2. The van der Waals surface area contributed by atoms with Crippen molar-refractivity contribution in [1.29, 1.82) is 5.26 Å². The van der Waals surface area contributed by atoms with Gasteiger partial charge in [0.05, 0.1) is 30.1 Å². The number of aryl methyl sites for hydroxylation is 2. The van der Waals surface area contributed by atoms with Crippen molar-refractivity contribution in [2.24, 2.45) is 7.05 Å². The van der Waals surface area contributed by atoms with Crippen molar-refractivity contribution in [3.8, 4) is 11.8 Å². The molecule has 2 rings (SSSR count). The van der Waals surface area contributed by atoms with E-state index in [-0.39, 0.29) is 0 Å². The van der Waals surface area contributed by atoms with Gasteiger partial charge in [0, 0.05) is 25.4 Å². The van der Waals surface area contributed by atoms with Gasteiger partial charge < -0.3 is 10.1 Å². The van der Waals surface area contributed by atoms with Gasteiger partial charge in [-0.25, -0.2) is 0 Å². The smallest absolute Gasteiger partial charge is 0.123 e. The van der Waals surface area contributed by atoms with Crippen LogP contribution >= 0.6 is 0 Å². The highest BCUT2D eigenvalue weighted by atomic mass is 16.5. The molecular weight excluding hydrogens is 240 g/mol. The highest BCUT2D eigenvalue weighted by molar-refractivity contribution is 5.49. The summed E-state index contributed by atoms with van der Waals surface area (Å²) < 4.78 is 7.06. The molecule has 1 aromatic carbocycles. The Morgan fingerprint density at radius 2 is 2.26 bits per heavy atom. The minimum atomic E-state index is 0.589.